The number of ketones is 1. The van der Waals surface area contributed by atoms with Crippen molar-refractivity contribution in [2.24, 2.45) is 0 Å². The number of ether oxygens (including phenoxy) is 1. The lowest BCUT2D eigenvalue weighted by Crippen LogP contribution is -2.29. The number of methoxy groups -OCH3 is 1. The lowest BCUT2D eigenvalue weighted by Gasteiger charge is -2.25. The summed E-state index contributed by atoms with van der Waals surface area (Å²) in [5, 5.41) is 21.4. The minimum atomic E-state index is -0.952. The molecule has 1 fully saturated rings. The van der Waals surface area contributed by atoms with Crippen molar-refractivity contribution in [3.8, 4) is 11.5 Å². The number of carbonyl (C=O) groups excluding carboxylic acids is 2. The number of Topliss-reactive ketones (excluding diaryl/α,β-unsaturated/α-hetero) is 1. The Morgan fingerprint density at radius 3 is 2.62 bits per heavy atom. The second-order valence-electron chi connectivity index (χ2n) is 7.19. The number of nitrogens with zero attached hydrogens (tertiary/aromatic N) is 2. The van der Waals surface area contributed by atoms with Gasteiger partial charge in [-0.05, 0) is 48.0 Å². The number of aliphatic hydroxyl groups excluding tert-OH is 1. The van der Waals surface area contributed by atoms with Crippen LogP contribution in [0.3, 0.4) is 0 Å². The smallest absolute Gasteiger partial charge is 0.296 e. The first kappa shape index (κ1) is 21.4. The van der Waals surface area contributed by atoms with E-state index in [4.69, 9.17) is 16.3 Å². The van der Waals surface area contributed by atoms with Crippen LogP contribution in [0, 0.1) is 0 Å². The van der Waals surface area contributed by atoms with Gasteiger partial charge in [-0.15, -0.1) is 0 Å². The topological polar surface area (TPSA) is 100.0 Å². The van der Waals surface area contributed by atoms with E-state index < -0.39 is 23.5 Å². The van der Waals surface area contributed by atoms with Crippen LogP contribution in [0.15, 0.2) is 72.4 Å². The first-order valence-electron chi connectivity index (χ1n) is 9.72. The van der Waals surface area contributed by atoms with Gasteiger partial charge in [0.05, 0.1) is 36.0 Å². The zero-order valence-electron chi connectivity index (χ0n) is 17.0. The molecule has 1 saturated heterocycles. The van der Waals surface area contributed by atoms with Crippen molar-refractivity contribution in [1.82, 2.24) is 9.88 Å². The largest absolute Gasteiger partial charge is 0.508 e. The monoisotopic (exact) mass is 450 g/mol. The summed E-state index contributed by atoms with van der Waals surface area (Å²) in [5.41, 5.74) is 1.05. The molecule has 0 saturated carbocycles. The number of carbonyl (C=O) groups is 2. The number of halogens is 1. The van der Waals surface area contributed by atoms with Crippen molar-refractivity contribution in [3.63, 3.8) is 0 Å². The van der Waals surface area contributed by atoms with Gasteiger partial charge in [0.1, 0.15) is 17.3 Å². The van der Waals surface area contributed by atoms with Gasteiger partial charge in [0.15, 0.2) is 0 Å². The second-order valence-corrected chi connectivity index (χ2v) is 7.60. The second kappa shape index (κ2) is 8.72. The molecular formula is C24H19ClN2O5. The van der Waals surface area contributed by atoms with Crippen LogP contribution in [-0.2, 0) is 16.1 Å². The highest BCUT2D eigenvalue weighted by atomic mass is 35.5. The molecule has 1 aromatic heterocycles. The van der Waals surface area contributed by atoms with Crippen LogP contribution in [0.25, 0.3) is 5.76 Å². The summed E-state index contributed by atoms with van der Waals surface area (Å²) in [6.45, 7) is 0.0361. The molecule has 32 heavy (non-hydrogen) atoms. The van der Waals surface area contributed by atoms with Crippen molar-refractivity contribution in [2.45, 2.75) is 12.6 Å². The molecule has 2 aromatic carbocycles. The Balaban J connectivity index is 1.91. The molecule has 0 radical (unpaired) electrons. The lowest BCUT2D eigenvalue weighted by molar-refractivity contribution is -0.140. The first-order valence-corrected chi connectivity index (χ1v) is 10.1. The predicted molar refractivity (Wildman–Crippen MR) is 118 cm³/mol. The maximum absolute atomic E-state index is 13.1. The molecular weight excluding hydrogens is 432 g/mol. The summed E-state index contributed by atoms with van der Waals surface area (Å²) >= 11 is 6.29. The van der Waals surface area contributed by atoms with E-state index in [1.165, 1.54) is 36.3 Å². The maximum atomic E-state index is 13.1. The van der Waals surface area contributed by atoms with Crippen molar-refractivity contribution >= 4 is 29.1 Å². The van der Waals surface area contributed by atoms with Crippen LogP contribution in [0.2, 0.25) is 5.02 Å². The van der Waals surface area contributed by atoms with Gasteiger partial charge in [0.25, 0.3) is 11.7 Å². The molecule has 3 aromatic rings. The fraction of sp³-hybridized carbons (Fsp3) is 0.125. The van der Waals surface area contributed by atoms with Gasteiger partial charge < -0.3 is 19.8 Å². The molecule has 0 spiro atoms. The third-order valence-electron chi connectivity index (χ3n) is 5.21. The average Bonchev–Trinajstić information content (AvgIpc) is 3.04. The zero-order chi connectivity index (χ0) is 22.8. The first-order chi connectivity index (χ1) is 15.4. The molecule has 4 rings (SSSR count). The van der Waals surface area contributed by atoms with Crippen LogP contribution in [0.1, 0.15) is 22.9 Å². The molecule has 1 atom stereocenters. The van der Waals surface area contributed by atoms with Gasteiger partial charge in [-0.2, -0.15) is 0 Å². The quantitative estimate of drug-likeness (QED) is 0.345. The number of hydrogen-bond donors (Lipinski definition) is 2. The van der Waals surface area contributed by atoms with Crippen LogP contribution >= 0.6 is 11.6 Å². The Morgan fingerprint density at radius 1 is 1.12 bits per heavy atom. The van der Waals surface area contributed by atoms with Crippen LogP contribution in [-0.4, -0.2) is 38.9 Å². The Labute approximate surface area is 189 Å². The zero-order valence-corrected chi connectivity index (χ0v) is 17.8. The van der Waals surface area contributed by atoms with Crippen LogP contribution < -0.4 is 4.74 Å². The summed E-state index contributed by atoms with van der Waals surface area (Å²) in [5.74, 6) is -1.68. The minimum absolute atomic E-state index is 0.0361. The van der Waals surface area contributed by atoms with E-state index in [-0.39, 0.29) is 28.5 Å². The molecule has 1 aliphatic rings. The summed E-state index contributed by atoms with van der Waals surface area (Å²) in [7, 11) is 1.46. The van der Waals surface area contributed by atoms with E-state index in [2.05, 4.69) is 4.98 Å². The number of likely N-dealkylation sites (tertiary alicyclic amines) is 1. The minimum Gasteiger partial charge on any atom is -0.508 e. The molecule has 2 heterocycles. The lowest BCUT2D eigenvalue weighted by atomic mass is 9.95. The van der Waals surface area contributed by atoms with Crippen molar-refractivity contribution in [2.75, 3.05) is 7.11 Å². The summed E-state index contributed by atoms with van der Waals surface area (Å²) in [6.07, 6.45) is 1.59. The van der Waals surface area contributed by atoms with Crippen LogP contribution in [0.4, 0.5) is 0 Å². The van der Waals surface area contributed by atoms with E-state index >= 15 is 0 Å². The standard InChI is InChI=1S/C24H19ClN2O5/c1-32-17-8-9-19(25)18(12-17)22(29)20-21(14-5-4-7-16(28)11-14)27(24(31)23(20)30)13-15-6-2-3-10-26-15/h2-12,21,28-29H,13H2,1H3/b22-20+. The predicted octanol–water partition coefficient (Wildman–Crippen LogP) is 4.07. The van der Waals surface area contributed by atoms with Gasteiger partial charge in [-0.1, -0.05) is 29.8 Å². The maximum Gasteiger partial charge on any atom is 0.296 e. The van der Waals surface area contributed by atoms with E-state index in [1.54, 1.807) is 42.6 Å². The van der Waals surface area contributed by atoms with E-state index in [0.717, 1.165) is 0 Å². The number of benzene rings is 2. The van der Waals surface area contributed by atoms with Crippen LogP contribution in [0.5, 0.6) is 11.5 Å². The van der Waals surface area contributed by atoms with Crippen molar-refractivity contribution < 1.29 is 24.5 Å². The summed E-state index contributed by atoms with van der Waals surface area (Å²) < 4.78 is 5.20. The van der Waals surface area contributed by atoms with Gasteiger partial charge in [0.2, 0.25) is 0 Å². The van der Waals surface area contributed by atoms with E-state index in [9.17, 15) is 19.8 Å². The SMILES string of the molecule is COc1ccc(Cl)c(/C(O)=C2\C(=O)C(=O)N(Cc3ccccn3)C2c2cccc(O)c2)c1. The van der Waals surface area contributed by atoms with Crippen molar-refractivity contribution in [1.29, 1.82) is 0 Å². The number of amides is 1. The van der Waals surface area contributed by atoms with E-state index in [1.807, 2.05) is 0 Å². The number of phenolic OH excluding ortho intramolecular Hbond substituents is 1. The Hall–Kier alpha value is -3.84. The molecule has 8 heteroatoms. The van der Waals surface area contributed by atoms with Crippen molar-refractivity contribution in [3.05, 3.63) is 94.3 Å². The molecule has 0 aliphatic carbocycles. The Bertz CT molecular complexity index is 1230. The number of aromatic nitrogens is 1. The highest BCUT2D eigenvalue weighted by molar-refractivity contribution is 6.47. The van der Waals surface area contributed by atoms with Gasteiger partial charge >= 0.3 is 0 Å². The highest BCUT2D eigenvalue weighted by Crippen LogP contribution is 2.42. The van der Waals surface area contributed by atoms with Gasteiger partial charge in [0, 0.05) is 11.8 Å². The summed E-state index contributed by atoms with van der Waals surface area (Å²) in [4.78, 5) is 31.7. The number of aliphatic hydroxyl groups is 1. The number of pyridine rings is 1. The summed E-state index contributed by atoms with van der Waals surface area (Å²) in [6, 6.07) is 15.1. The van der Waals surface area contributed by atoms with Gasteiger partial charge in [-0.3, -0.25) is 14.6 Å². The molecule has 162 valence electrons. The molecule has 1 unspecified atom stereocenters. The molecule has 1 amide bonds. The number of rotatable bonds is 5. The third-order valence-corrected chi connectivity index (χ3v) is 5.54. The molecule has 1 aliphatic heterocycles. The fourth-order valence-corrected chi connectivity index (χ4v) is 3.92. The Morgan fingerprint density at radius 2 is 1.94 bits per heavy atom. The fourth-order valence-electron chi connectivity index (χ4n) is 3.71. The number of phenols is 1. The molecule has 2 N–H and O–H groups in total. The highest BCUT2D eigenvalue weighted by Gasteiger charge is 2.46. The number of aromatic hydroxyl groups is 1. The third kappa shape index (κ3) is 3.90. The van der Waals surface area contributed by atoms with Gasteiger partial charge in [-0.25, -0.2) is 0 Å². The molecule has 0 bridgehead atoms. The molecule has 7 nitrogen and oxygen atoms in total. The van der Waals surface area contributed by atoms with E-state index in [0.29, 0.717) is 17.0 Å². The Kier molecular flexibility index (Phi) is 5.83. The number of hydrogen-bond acceptors (Lipinski definition) is 6. The normalized spacial score (nSPS) is 17.6. The average molecular weight is 451 g/mol.